The van der Waals surface area contributed by atoms with Crippen LogP contribution in [0.25, 0.3) is 0 Å². The van der Waals surface area contributed by atoms with E-state index in [4.69, 9.17) is 5.73 Å². The van der Waals surface area contributed by atoms with Crippen LogP contribution in [0.5, 0.6) is 0 Å². The molecule has 0 saturated heterocycles. The van der Waals surface area contributed by atoms with E-state index in [1.807, 2.05) is 19.2 Å². The van der Waals surface area contributed by atoms with Crippen molar-refractivity contribution < 1.29 is 4.79 Å². The van der Waals surface area contributed by atoms with Crippen LogP contribution in [0.15, 0.2) is 17.8 Å². The minimum Gasteiger partial charge on any atom is -0.383 e. The van der Waals surface area contributed by atoms with Gasteiger partial charge in [0.15, 0.2) is 0 Å². The Morgan fingerprint density at radius 2 is 2.35 bits per heavy atom. The van der Waals surface area contributed by atoms with Crippen molar-refractivity contribution in [3.8, 4) is 0 Å². The molecule has 0 saturated carbocycles. The quantitative estimate of drug-likeness (QED) is 0.761. The van der Waals surface area contributed by atoms with Crippen LogP contribution in [0.3, 0.4) is 0 Å². The zero-order valence-corrected chi connectivity index (χ0v) is 10.3. The molecule has 0 unspecified atom stereocenters. The number of aromatic nitrogens is 3. The van der Waals surface area contributed by atoms with Gasteiger partial charge in [0, 0.05) is 11.6 Å². The Kier molecular flexibility index (Phi) is 2.84. The number of hydrogen-bond donors (Lipinski definition) is 3. The molecule has 0 aliphatic heterocycles. The lowest BCUT2D eigenvalue weighted by molar-refractivity contribution is 0.0913. The first-order valence-electron chi connectivity index (χ1n) is 5.02. The summed E-state index contributed by atoms with van der Waals surface area (Å²) in [6.45, 7) is 3.78. The van der Waals surface area contributed by atoms with E-state index in [0.717, 1.165) is 5.01 Å². The predicted molar refractivity (Wildman–Crippen MR) is 65.6 cm³/mol. The van der Waals surface area contributed by atoms with Crippen LogP contribution < -0.4 is 11.1 Å². The maximum absolute atomic E-state index is 12.0. The number of rotatable bonds is 3. The first kappa shape index (κ1) is 11.6. The van der Waals surface area contributed by atoms with Crippen molar-refractivity contribution >= 4 is 23.1 Å². The summed E-state index contributed by atoms with van der Waals surface area (Å²) in [6.07, 6.45) is 3.11. The third kappa shape index (κ3) is 2.28. The molecule has 0 aliphatic carbocycles. The van der Waals surface area contributed by atoms with E-state index in [2.05, 4.69) is 20.5 Å². The number of nitrogen functional groups attached to an aromatic ring is 1. The van der Waals surface area contributed by atoms with Gasteiger partial charge in [0.05, 0.1) is 11.7 Å². The maximum atomic E-state index is 12.0. The van der Waals surface area contributed by atoms with Crippen LogP contribution in [0.2, 0.25) is 0 Å². The van der Waals surface area contributed by atoms with Gasteiger partial charge < -0.3 is 11.1 Å². The Morgan fingerprint density at radius 3 is 2.88 bits per heavy atom. The first-order chi connectivity index (χ1) is 8.00. The van der Waals surface area contributed by atoms with Crippen LogP contribution >= 0.6 is 11.3 Å². The van der Waals surface area contributed by atoms with Crippen molar-refractivity contribution in [3.05, 3.63) is 28.3 Å². The zero-order chi connectivity index (χ0) is 12.5. The predicted octanol–water partition coefficient (Wildman–Crippen LogP) is 1.11. The van der Waals surface area contributed by atoms with Gasteiger partial charge in [-0.3, -0.25) is 9.89 Å². The highest BCUT2D eigenvalue weighted by atomic mass is 32.1. The van der Waals surface area contributed by atoms with Gasteiger partial charge in [-0.05, 0) is 13.8 Å². The lowest BCUT2D eigenvalue weighted by atomic mass is 10.1. The molecule has 17 heavy (non-hydrogen) atoms. The molecular formula is C10H13N5OS. The molecule has 1 amide bonds. The number of nitrogens with one attached hydrogen (secondary N) is 2. The molecule has 90 valence electrons. The number of carbonyl (C=O) groups excluding carboxylic acids is 1. The number of amides is 1. The van der Waals surface area contributed by atoms with Crippen molar-refractivity contribution in [3.63, 3.8) is 0 Å². The molecule has 4 N–H and O–H groups in total. The fourth-order valence-corrected chi connectivity index (χ4v) is 2.13. The van der Waals surface area contributed by atoms with Gasteiger partial charge in [-0.15, -0.1) is 11.3 Å². The molecule has 2 aromatic heterocycles. The number of hydrogen-bond acceptors (Lipinski definition) is 5. The summed E-state index contributed by atoms with van der Waals surface area (Å²) < 4.78 is 0. The Bertz CT molecular complexity index is 517. The summed E-state index contributed by atoms with van der Waals surface area (Å²) in [6, 6.07) is 0. The Morgan fingerprint density at radius 1 is 1.59 bits per heavy atom. The SMILES string of the molecule is CC(C)(NC(=O)c1cn[nH]c1N)c1nccs1. The topological polar surface area (TPSA) is 96.7 Å². The van der Waals surface area contributed by atoms with Gasteiger partial charge in [-0.2, -0.15) is 5.10 Å². The molecule has 7 heteroatoms. The lowest BCUT2D eigenvalue weighted by Gasteiger charge is -2.23. The number of nitrogens with two attached hydrogens (primary N) is 1. The van der Waals surface area contributed by atoms with Crippen LogP contribution in [0, 0.1) is 0 Å². The second-order valence-corrected chi connectivity index (χ2v) is 5.01. The molecule has 0 aliphatic rings. The van der Waals surface area contributed by atoms with Gasteiger partial charge in [0.25, 0.3) is 5.91 Å². The third-order valence-corrected chi connectivity index (χ3v) is 3.40. The molecular weight excluding hydrogens is 238 g/mol. The van der Waals surface area contributed by atoms with Crippen molar-refractivity contribution in [2.24, 2.45) is 0 Å². The van der Waals surface area contributed by atoms with Crippen molar-refractivity contribution in [2.45, 2.75) is 19.4 Å². The Hall–Kier alpha value is -1.89. The second kappa shape index (κ2) is 4.17. The number of nitrogens with zero attached hydrogens (tertiary/aromatic N) is 2. The number of thiazole rings is 1. The fourth-order valence-electron chi connectivity index (χ4n) is 1.41. The normalized spacial score (nSPS) is 11.4. The molecule has 2 rings (SSSR count). The van der Waals surface area contributed by atoms with Crippen LogP contribution in [-0.4, -0.2) is 21.1 Å². The summed E-state index contributed by atoms with van der Waals surface area (Å²) in [7, 11) is 0. The molecule has 0 spiro atoms. The van der Waals surface area contributed by atoms with Crippen LogP contribution in [0.4, 0.5) is 5.82 Å². The van der Waals surface area contributed by atoms with Gasteiger partial charge >= 0.3 is 0 Å². The summed E-state index contributed by atoms with van der Waals surface area (Å²) in [4.78, 5) is 16.2. The average Bonchev–Trinajstić information content (AvgIpc) is 2.85. The lowest BCUT2D eigenvalue weighted by Crippen LogP contribution is -2.41. The highest BCUT2D eigenvalue weighted by Gasteiger charge is 2.27. The van der Waals surface area contributed by atoms with E-state index in [-0.39, 0.29) is 11.7 Å². The van der Waals surface area contributed by atoms with Gasteiger partial charge in [-0.1, -0.05) is 0 Å². The van der Waals surface area contributed by atoms with Crippen molar-refractivity contribution in [1.82, 2.24) is 20.5 Å². The van der Waals surface area contributed by atoms with E-state index in [9.17, 15) is 4.79 Å². The third-order valence-electron chi connectivity index (χ3n) is 2.31. The van der Waals surface area contributed by atoms with Crippen molar-refractivity contribution in [2.75, 3.05) is 5.73 Å². The van der Waals surface area contributed by atoms with Gasteiger partial charge in [0.2, 0.25) is 0 Å². The maximum Gasteiger partial charge on any atom is 0.257 e. The largest absolute Gasteiger partial charge is 0.383 e. The first-order valence-corrected chi connectivity index (χ1v) is 5.90. The van der Waals surface area contributed by atoms with Crippen molar-refractivity contribution in [1.29, 1.82) is 0 Å². The number of anilines is 1. The van der Waals surface area contributed by atoms with Crippen LogP contribution in [-0.2, 0) is 5.54 Å². The molecule has 6 nitrogen and oxygen atoms in total. The highest BCUT2D eigenvalue weighted by Crippen LogP contribution is 2.22. The molecule has 0 atom stereocenters. The molecule has 2 heterocycles. The number of H-pyrrole nitrogens is 1. The van der Waals surface area contributed by atoms with E-state index in [0.29, 0.717) is 5.56 Å². The summed E-state index contributed by atoms with van der Waals surface area (Å²) in [5, 5.41) is 11.8. The Labute approximate surface area is 102 Å². The van der Waals surface area contributed by atoms with Gasteiger partial charge in [-0.25, -0.2) is 4.98 Å². The summed E-state index contributed by atoms with van der Waals surface area (Å²) >= 11 is 1.49. The van der Waals surface area contributed by atoms with E-state index in [1.54, 1.807) is 6.20 Å². The highest BCUT2D eigenvalue weighted by molar-refractivity contribution is 7.09. The zero-order valence-electron chi connectivity index (χ0n) is 9.52. The van der Waals surface area contributed by atoms with Gasteiger partial charge in [0.1, 0.15) is 16.4 Å². The van der Waals surface area contributed by atoms with E-state index < -0.39 is 5.54 Å². The molecule has 2 aromatic rings. The summed E-state index contributed by atoms with van der Waals surface area (Å²) in [5.41, 5.74) is 5.40. The molecule has 0 fully saturated rings. The van der Waals surface area contributed by atoms with E-state index >= 15 is 0 Å². The monoisotopic (exact) mass is 251 g/mol. The summed E-state index contributed by atoms with van der Waals surface area (Å²) in [5.74, 6) is -0.00566. The number of aromatic amines is 1. The molecule has 0 radical (unpaired) electrons. The van der Waals surface area contributed by atoms with Crippen LogP contribution in [0.1, 0.15) is 29.2 Å². The minimum atomic E-state index is -0.533. The number of carbonyl (C=O) groups is 1. The fraction of sp³-hybridized carbons (Fsp3) is 0.300. The van der Waals surface area contributed by atoms with E-state index in [1.165, 1.54) is 17.5 Å². The standard InChI is InChI=1S/C10H13N5OS/c1-10(2,9-12-3-4-17-9)14-8(16)6-5-13-15-7(6)11/h3-5H,1-2H3,(H,14,16)(H3,11,13,15). The minimum absolute atomic E-state index is 0.262. The molecule has 0 bridgehead atoms. The smallest absolute Gasteiger partial charge is 0.257 e. The second-order valence-electron chi connectivity index (χ2n) is 4.11. The molecule has 0 aromatic carbocycles. The Balaban J connectivity index is 2.17. The average molecular weight is 251 g/mol.